The van der Waals surface area contributed by atoms with Crippen molar-refractivity contribution >= 4 is 24.0 Å². The van der Waals surface area contributed by atoms with E-state index in [9.17, 15) is 0 Å². The lowest BCUT2D eigenvalue weighted by molar-refractivity contribution is 0.388. The SMILES string of the molecule is COc1ccc(Cl)c2c1CCC[C@@H]2NC(C)C.Cl. The van der Waals surface area contributed by atoms with Gasteiger partial charge in [0.15, 0.2) is 0 Å². The predicted octanol–water partition coefficient (Wildman–Crippen LogP) is 4.15. The van der Waals surface area contributed by atoms with Crippen molar-refractivity contribution in [3.8, 4) is 5.75 Å². The smallest absolute Gasteiger partial charge is 0.122 e. The van der Waals surface area contributed by atoms with E-state index in [1.165, 1.54) is 17.5 Å². The largest absolute Gasteiger partial charge is 0.496 e. The summed E-state index contributed by atoms with van der Waals surface area (Å²) in [7, 11) is 1.73. The lowest BCUT2D eigenvalue weighted by Crippen LogP contribution is -2.31. The van der Waals surface area contributed by atoms with Crippen LogP contribution in [0.25, 0.3) is 0 Å². The summed E-state index contributed by atoms with van der Waals surface area (Å²) in [4.78, 5) is 0. The van der Waals surface area contributed by atoms with Crippen molar-refractivity contribution in [2.24, 2.45) is 0 Å². The summed E-state index contributed by atoms with van der Waals surface area (Å²) in [5, 5.41) is 4.45. The second-order valence-electron chi connectivity index (χ2n) is 4.91. The van der Waals surface area contributed by atoms with E-state index in [2.05, 4.69) is 19.2 Å². The zero-order valence-corrected chi connectivity index (χ0v) is 12.7. The van der Waals surface area contributed by atoms with E-state index in [0.717, 1.165) is 23.6 Å². The molecule has 0 amide bonds. The minimum Gasteiger partial charge on any atom is -0.496 e. The predicted molar refractivity (Wildman–Crippen MR) is 79.2 cm³/mol. The first-order valence-corrected chi connectivity index (χ1v) is 6.62. The summed E-state index contributed by atoms with van der Waals surface area (Å²) >= 11 is 6.35. The van der Waals surface area contributed by atoms with Gasteiger partial charge in [-0.3, -0.25) is 0 Å². The van der Waals surface area contributed by atoms with Crippen molar-refractivity contribution in [2.45, 2.75) is 45.2 Å². The first-order chi connectivity index (χ1) is 8.13. The summed E-state index contributed by atoms with van der Waals surface area (Å²) in [6.45, 7) is 4.34. The van der Waals surface area contributed by atoms with E-state index in [-0.39, 0.29) is 12.4 Å². The Kier molecular flexibility index (Phi) is 5.77. The number of fused-ring (bicyclic) bond motifs is 1. The molecule has 0 saturated heterocycles. The van der Waals surface area contributed by atoms with Crippen LogP contribution in [0.15, 0.2) is 12.1 Å². The van der Waals surface area contributed by atoms with Gasteiger partial charge in [0.05, 0.1) is 7.11 Å². The third-order valence-electron chi connectivity index (χ3n) is 3.28. The van der Waals surface area contributed by atoms with E-state index in [0.29, 0.717) is 12.1 Å². The topological polar surface area (TPSA) is 21.3 Å². The van der Waals surface area contributed by atoms with E-state index in [4.69, 9.17) is 16.3 Å². The van der Waals surface area contributed by atoms with Gasteiger partial charge in [0.1, 0.15) is 5.75 Å². The summed E-state index contributed by atoms with van der Waals surface area (Å²) in [6.07, 6.45) is 3.40. The lowest BCUT2D eigenvalue weighted by Gasteiger charge is -2.30. The molecule has 1 aliphatic carbocycles. The highest BCUT2D eigenvalue weighted by molar-refractivity contribution is 6.31. The molecule has 1 aromatic rings. The van der Waals surface area contributed by atoms with E-state index >= 15 is 0 Å². The first kappa shape index (κ1) is 15.6. The second-order valence-corrected chi connectivity index (χ2v) is 5.32. The molecular weight excluding hydrogens is 269 g/mol. The molecule has 4 heteroatoms. The molecule has 102 valence electrons. The standard InChI is InChI=1S/C14H20ClNO.ClH/c1-9(2)16-12-6-4-5-10-13(17-3)8-7-11(15)14(10)12;/h7-9,12,16H,4-6H2,1-3H3;1H/t12-;/m0./s1. The molecule has 0 spiro atoms. The maximum atomic E-state index is 6.35. The fourth-order valence-corrected chi connectivity index (χ4v) is 2.95. The first-order valence-electron chi connectivity index (χ1n) is 6.24. The third-order valence-corrected chi connectivity index (χ3v) is 3.61. The molecule has 1 aromatic carbocycles. The monoisotopic (exact) mass is 289 g/mol. The Morgan fingerprint density at radius 3 is 2.72 bits per heavy atom. The number of ether oxygens (including phenoxy) is 1. The van der Waals surface area contributed by atoms with Gasteiger partial charge >= 0.3 is 0 Å². The number of hydrogen-bond acceptors (Lipinski definition) is 2. The molecular formula is C14H21Cl2NO. The van der Waals surface area contributed by atoms with Gasteiger partial charge in [-0.2, -0.15) is 0 Å². The fourth-order valence-electron chi connectivity index (χ4n) is 2.64. The molecule has 18 heavy (non-hydrogen) atoms. The Morgan fingerprint density at radius 2 is 2.11 bits per heavy atom. The normalized spacial score (nSPS) is 18.2. The molecule has 0 heterocycles. The summed E-state index contributed by atoms with van der Waals surface area (Å²) < 4.78 is 5.43. The van der Waals surface area contributed by atoms with E-state index < -0.39 is 0 Å². The zero-order valence-electron chi connectivity index (χ0n) is 11.1. The van der Waals surface area contributed by atoms with Gasteiger partial charge in [-0.1, -0.05) is 25.4 Å². The minimum absolute atomic E-state index is 0. The average Bonchev–Trinajstić information content (AvgIpc) is 2.29. The second kappa shape index (κ2) is 6.65. The lowest BCUT2D eigenvalue weighted by atomic mass is 9.86. The molecule has 2 nitrogen and oxygen atoms in total. The molecule has 0 radical (unpaired) electrons. The third kappa shape index (κ3) is 3.11. The van der Waals surface area contributed by atoms with Crippen molar-refractivity contribution in [2.75, 3.05) is 7.11 Å². The molecule has 0 saturated carbocycles. The van der Waals surface area contributed by atoms with E-state index in [1.54, 1.807) is 7.11 Å². The highest BCUT2D eigenvalue weighted by atomic mass is 35.5. The number of halogens is 2. The molecule has 0 aromatic heterocycles. The van der Waals surface area contributed by atoms with Crippen LogP contribution >= 0.6 is 24.0 Å². The van der Waals surface area contributed by atoms with Gasteiger partial charge in [0.25, 0.3) is 0 Å². The Balaban J connectivity index is 0.00000162. The molecule has 1 aliphatic rings. The van der Waals surface area contributed by atoms with Gasteiger partial charge in [-0.05, 0) is 37.0 Å². The van der Waals surface area contributed by atoms with Crippen LogP contribution in [-0.2, 0) is 6.42 Å². The minimum atomic E-state index is 0. The zero-order chi connectivity index (χ0) is 12.4. The van der Waals surface area contributed by atoms with Crippen LogP contribution in [-0.4, -0.2) is 13.2 Å². The number of hydrogen-bond donors (Lipinski definition) is 1. The number of benzene rings is 1. The maximum absolute atomic E-state index is 6.35. The van der Waals surface area contributed by atoms with Gasteiger partial charge in [0.2, 0.25) is 0 Å². The summed E-state index contributed by atoms with van der Waals surface area (Å²) in [5.41, 5.74) is 2.52. The van der Waals surface area contributed by atoms with Crippen LogP contribution in [0.2, 0.25) is 5.02 Å². The van der Waals surface area contributed by atoms with Crippen LogP contribution in [0.3, 0.4) is 0 Å². The van der Waals surface area contributed by atoms with Crippen LogP contribution in [0.1, 0.15) is 43.9 Å². The fraction of sp³-hybridized carbons (Fsp3) is 0.571. The highest BCUT2D eigenvalue weighted by Crippen LogP contribution is 2.39. The van der Waals surface area contributed by atoms with Gasteiger partial charge in [-0.15, -0.1) is 12.4 Å². The Hall–Kier alpha value is -0.440. The van der Waals surface area contributed by atoms with Gasteiger partial charge in [-0.25, -0.2) is 0 Å². The quantitative estimate of drug-likeness (QED) is 0.903. The van der Waals surface area contributed by atoms with Gasteiger partial charge < -0.3 is 10.1 Å². The Morgan fingerprint density at radius 1 is 1.39 bits per heavy atom. The maximum Gasteiger partial charge on any atom is 0.122 e. The molecule has 0 fully saturated rings. The van der Waals surface area contributed by atoms with Crippen LogP contribution < -0.4 is 10.1 Å². The molecule has 1 atom stereocenters. The summed E-state index contributed by atoms with van der Waals surface area (Å²) in [5.74, 6) is 0.972. The van der Waals surface area contributed by atoms with Crippen LogP contribution in [0.5, 0.6) is 5.75 Å². The van der Waals surface area contributed by atoms with Crippen LogP contribution in [0, 0.1) is 0 Å². The molecule has 2 rings (SSSR count). The summed E-state index contributed by atoms with van der Waals surface area (Å²) in [6, 6.07) is 4.74. The number of methoxy groups -OCH3 is 1. The molecule has 0 bridgehead atoms. The molecule has 0 aliphatic heterocycles. The Bertz CT molecular complexity index is 407. The van der Waals surface area contributed by atoms with Crippen LogP contribution in [0.4, 0.5) is 0 Å². The number of nitrogens with one attached hydrogen (secondary N) is 1. The van der Waals surface area contributed by atoms with Crippen molar-refractivity contribution in [3.63, 3.8) is 0 Å². The van der Waals surface area contributed by atoms with Crippen molar-refractivity contribution in [3.05, 3.63) is 28.3 Å². The van der Waals surface area contributed by atoms with Crippen molar-refractivity contribution < 1.29 is 4.74 Å². The number of rotatable bonds is 3. The molecule has 0 unspecified atom stereocenters. The average molecular weight is 290 g/mol. The Labute approximate surface area is 120 Å². The van der Waals surface area contributed by atoms with Gasteiger partial charge in [0, 0.05) is 22.7 Å². The van der Waals surface area contributed by atoms with Crippen molar-refractivity contribution in [1.29, 1.82) is 0 Å². The van der Waals surface area contributed by atoms with E-state index in [1.807, 2.05) is 12.1 Å². The van der Waals surface area contributed by atoms with Crippen molar-refractivity contribution in [1.82, 2.24) is 5.32 Å². The highest BCUT2D eigenvalue weighted by Gasteiger charge is 2.25. The molecule has 1 N–H and O–H groups in total.